The maximum absolute atomic E-state index is 13.0. The van der Waals surface area contributed by atoms with Crippen LogP contribution < -0.4 is 15.3 Å². The first-order valence-electron chi connectivity index (χ1n) is 11.4. The Morgan fingerprint density at radius 1 is 0.970 bits per heavy atom. The summed E-state index contributed by atoms with van der Waals surface area (Å²) in [4.78, 5) is 27.3. The third kappa shape index (κ3) is 5.25. The van der Waals surface area contributed by atoms with E-state index in [0.717, 1.165) is 35.1 Å². The van der Waals surface area contributed by atoms with Gasteiger partial charge in [-0.05, 0) is 66.8 Å². The molecule has 1 aliphatic rings. The van der Waals surface area contributed by atoms with Crippen molar-refractivity contribution in [3.63, 3.8) is 0 Å². The number of carbonyl (C=O) groups excluding carboxylic acids is 1. The number of ketones is 1. The number of carbonyl (C=O) groups is 1. The number of unbranched alkanes of at least 4 members (excludes halogenated alkanes) is 1. The summed E-state index contributed by atoms with van der Waals surface area (Å²) in [6, 6.07) is 15.1. The minimum absolute atomic E-state index is 0.0348. The van der Waals surface area contributed by atoms with Crippen molar-refractivity contribution in [1.29, 1.82) is 0 Å². The van der Waals surface area contributed by atoms with Crippen molar-refractivity contribution in [2.75, 3.05) is 25.6 Å². The van der Waals surface area contributed by atoms with Crippen LogP contribution in [0.15, 0.2) is 68.9 Å². The Labute approximate surface area is 194 Å². The predicted octanol–water partition coefficient (Wildman–Crippen LogP) is 5.87. The fourth-order valence-corrected chi connectivity index (χ4v) is 3.95. The van der Waals surface area contributed by atoms with Gasteiger partial charge in [0, 0.05) is 48.4 Å². The zero-order valence-electron chi connectivity index (χ0n) is 19.4. The Bertz CT molecular complexity index is 1280. The van der Waals surface area contributed by atoms with Crippen LogP contribution in [0, 0.1) is 0 Å². The Balaban J connectivity index is 1.60. The van der Waals surface area contributed by atoms with E-state index in [0.29, 0.717) is 41.9 Å². The Kier molecular flexibility index (Phi) is 6.78. The monoisotopic (exact) mass is 443 g/mol. The van der Waals surface area contributed by atoms with E-state index in [2.05, 4.69) is 6.92 Å². The van der Waals surface area contributed by atoms with Crippen molar-refractivity contribution < 1.29 is 13.9 Å². The zero-order valence-corrected chi connectivity index (χ0v) is 19.4. The molecule has 0 bridgehead atoms. The molecule has 0 spiro atoms. The highest BCUT2D eigenvalue weighted by Gasteiger charge is 2.23. The normalized spacial score (nSPS) is 16.2. The Hall–Kier alpha value is -3.60. The van der Waals surface area contributed by atoms with Gasteiger partial charge in [0.2, 0.25) is 0 Å². The summed E-state index contributed by atoms with van der Waals surface area (Å²) in [5, 5.41) is 0.787. The van der Waals surface area contributed by atoms with Crippen LogP contribution in [0.25, 0.3) is 23.1 Å². The summed E-state index contributed by atoms with van der Waals surface area (Å²) in [5.41, 5.74) is 4.34. The molecule has 2 aromatic carbocycles. The van der Waals surface area contributed by atoms with Gasteiger partial charge in [0.1, 0.15) is 11.3 Å². The molecule has 0 N–H and O–H groups in total. The van der Waals surface area contributed by atoms with Crippen LogP contribution in [-0.4, -0.2) is 26.5 Å². The van der Waals surface area contributed by atoms with Gasteiger partial charge in [0.15, 0.2) is 5.78 Å². The minimum Gasteiger partial charge on any atom is -0.493 e. The number of fused-ring (bicyclic) bond motifs is 1. The summed E-state index contributed by atoms with van der Waals surface area (Å²) in [6.07, 6.45) is 7.14. The number of hydrogen-bond acceptors (Lipinski definition) is 5. The lowest BCUT2D eigenvalue weighted by atomic mass is 10.0. The van der Waals surface area contributed by atoms with Gasteiger partial charge in [-0.2, -0.15) is 0 Å². The fraction of sp³-hybridized carbons (Fsp3) is 0.286. The Morgan fingerprint density at radius 2 is 1.70 bits per heavy atom. The van der Waals surface area contributed by atoms with Gasteiger partial charge in [-0.1, -0.05) is 25.5 Å². The molecule has 4 rings (SSSR count). The average Bonchev–Trinajstić information content (AvgIpc) is 3.13. The van der Waals surface area contributed by atoms with Crippen molar-refractivity contribution in [1.82, 2.24) is 0 Å². The number of hydrogen-bond donors (Lipinski definition) is 0. The molecule has 3 aromatic rings. The molecule has 1 fully saturated rings. The van der Waals surface area contributed by atoms with E-state index in [1.807, 2.05) is 67.5 Å². The number of Topliss-reactive ketones (excluding diaryl/α,β-unsaturated/α-hetero) is 1. The molecule has 1 heterocycles. The molecule has 1 aromatic heterocycles. The van der Waals surface area contributed by atoms with Crippen molar-refractivity contribution in [3.05, 3.63) is 81.2 Å². The highest BCUT2D eigenvalue weighted by atomic mass is 16.5. The summed E-state index contributed by atoms with van der Waals surface area (Å²) in [7, 11) is 4.00. The highest BCUT2D eigenvalue weighted by molar-refractivity contribution is 6.16. The first-order chi connectivity index (χ1) is 15.9. The fourth-order valence-electron chi connectivity index (χ4n) is 3.95. The summed E-state index contributed by atoms with van der Waals surface area (Å²) in [5.74, 6) is 0.707. The van der Waals surface area contributed by atoms with E-state index in [1.165, 1.54) is 6.07 Å². The number of benzene rings is 2. The van der Waals surface area contributed by atoms with Crippen LogP contribution in [0.1, 0.15) is 43.7 Å². The maximum Gasteiger partial charge on any atom is 0.336 e. The van der Waals surface area contributed by atoms with Crippen LogP contribution in [0.5, 0.6) is 5.75 Å². The van der Waals surface area contributed by atoms with Gasteiger partial charge in [0.05, 0.1) is 6.61 Å². The van der Waals surface area contributed by atoms with Gasteiger partial charge in [-0.15, -0.1) is 0 Å². The van der Waals surface area contributed by atoms with E-state index in [1.54, 1.807) is 6.07 Å². The van der Waals surface area contributed by atoms with E-state index in [9.17, 15) is 9.59 Å². The van der Waals surface area contributed by atoms with Crippen molar-refractivity contribution in [3.8, 4) is 5.75 Å². The largest absolute Gasteiger partial charge is 0.493 e. The summed E-state index contributed by atoms with van der Waals surface area (Å²) >= 11 is 0. The van der Waals surface area contributed by atoms with Crippen LogP contribution in [-0.2, 0) is 4.79 Å². The SMILES string of the molecule is CCCCOc1ccc2c(/C=C3/CC/C(=C/c4ccc(N(C)C)cc4)C3=O)cc(=O)oc2c1. The van der Waals surface area contributed by atoms with Gasteiger partial charge in [-0.3, -0.25) is 4.79 Å². The second kappa shape index (κ2) is 9.90. The quantitative estimate of drug-likeness (QED) is 0.260. The molecule has 0 saturated heterocycles. The first kappa shape index (κ1) is 22.6. The predicted molar refractivity (Wildman–Crippen MR) is 134 cm³/mol. The smallest absolute Gasteiger partial charge is 0.336 e. The van der Waals surface area contributed by atoms with Gasteiger partial charge in [0.25, 0.3) is 0 Å². The molecule has 0 unspecified atom stereocenters. The van der Waals surface area contributed by atoms with Crippen molar-refractivity contribution >= 4 is 34.6 Å². The van der Waals surface area contributed by atoms with Gasteiger partial charge < -0.3 is 14.1 Å². The van der Waals surface area contributed by atoms with Crippen molar-refractivity contribution in [2.24, 2.45) is 0 Å². The molecule has 33 heavy (non-hydrogen) atoms. The van der Waals surface area contributed by atoms with Crippen LogP contribution in [0.4, 0.5) is 5.69 Å². The second-order valence-electron chi connectivity index (χ2n) is 8.53. The molecule has 5 heteroatoms. The van der Waals surface area contributed by atoms with E-state index >= 15 is 0 Å². The van der Waals surface area contributed by atoms with Gasteiger partial charge in [-0.25, -0.2) is 4.79 Å². The number of anilines is 1. The number of ether oxygens (including phenoxy) is 1. The lowest BCUT2D eigenvalue weighted by Crippen LogP contribution is -2.07. The Morgan fingerprint density at radius 3 is 2.39 bits per heavy atom. The van der Waals surface area contributed by atoms with Crippen LogP contribution in [0.2, 0.25) is 0 Å². The van der Waals surface area contributed by atoms with Gasteiger partial charge >= 0.3 is 5.63 Å². The van der Waals surface area contributed by atoms with Crippen LogP contribution >= 0.6 is 0 Å². The van der Waals surface area contributed by atoms with Crippen LogP contribution in [0.3, 0.4) is 0 Å². The highest BCUT2D eigenvalue weighted by Crippen LogP contribution is 2.31. The topological polar surface area (TPSA) is 59.8 Å². The molecule has 5 nitrogen and oxygen atoms in total. The molecule has 0 aliphatic heterocycles. The molecular formula is C28H29NO4. The number of nitrogens with zero attached hydrogens (tertiary/aromatic N) is 1. The molecule has 0 radical (unpaired) electrons. The molecule has 1 saturated carbocycles. The van der Waals surface area contributed by atoms with Crippen molar-refractivity contribution in [2.45, 2.75) is 32.6 Å². The number of rotatable bonds is 7. The first-order valence-corrected chi connectivity index (χ1v) is 11.4. The second-order valence-corrected chi connectivity index (χ2v) is 8.53. The molecule has 0 atom stereocenters. The molecular weight excluding hydrogens is 414 g/mol. The molecule has 1 aliphatic carbocycles. The average molecular weight is 444 g/mol. The standard InChI is InChI=1S/C28H29NO4/c1-4-5-14-32-24-12-13-25-22(17-27(30)33-26(25)18-24)16-21-9-8-20(28(21)31)15-19-6-10-23(11-7-19)29(2)3/h6-7,10-13,15-18H,4-5,8-9,14H2,1-3H3/b20-15-,21-16-. The minimum atomic E-state index is -0.442. The van der Waals surface area contributed by atoms with E-state index in [-0.39, 0.29) is 5.78 Å². The molecule has 0 amide bonds. The summed E-state index contributed by atoms with van der Waals surface area (Å²) < 4.78 is 11.1. The zero-order chi connectivity index (χ0) is 23.4. The third-order valence-corrected chi connectivity index (χ3v) is 5.84. The maximum atomic E-state index is 13.0. The van der Waals surface area contributed by atoms with E-state index < -0.39 is 5.63 Å². The lowest BCUT2D eigenvalue weighted by Gasteiger charge is -2.11. The summed E-state index contributed by atoms with van der Waals surface area (Å²) in [6.45, 7) is 2.73. The van der Waals surface area contributed by atoms with E-state index in [4.69, 9.17) is 9.15 Å². The lowest BCUT2D eigenvalue weighted by molar-refractivity contribution is -0.111. The third-order valence-electron chi connectivity index (χ3n) is 5.84. The molecule has 170 valence electrons. The number of allylic oxidation sites excluding steroid dienone is 2.